The van der Waals surface area contributed by atoms with Gasteiger partial charge >= 0.3 is 0 Å². The Morgan fingerprint density at radius 2 is 1.94 bits per heavy atom. The van der Waals surface area contributed by atoms with Crippen molar-refractivity contribution < 1.29 is 14.3 Å². The molecule has 4 nitrogen and oxygen atoms in total. The lowest BCUT2D eigenvalue weighted by Crippen LogP contribution is -2.51. The summed E-state index contributed by atoms with van der Waals surface area (Å²) < 4.78 is 10.3. The Bertz CT molecular complexity index is 339. The first-order valence-electron chi connectivity index (χ1n) is 5.02. The van der Waals surface area contributed by atoms with Gasteiger partial charge in [-0.15, -0.1) is 0 Å². The van der Waals surface area contributed by atoms with Gasteiger partial charge in [-0.3, -0.25) is 4.79 Å². The molecule has 0 spiro atoms. The fraction of sp³-hybridized carbons (Fsp3) is 0.417. The van der Waals surface area contributed by atoms with Gasteiger partial charge in [-0.05, 0) is 5.56 Å². The number of hydrogen-bond donors (Lipinski definition) is 1. The summed E-state index contributed by atoms with van der Waals surface area (Å²) in [6.45, 7) is 0.147. The molecule has 2 N–H and O–H groups in total. The van der Waals surface area contributed by atoms with Crippen LogP contribution in [-0.4, -0.2) is 32.3 Å². The number of carbonyl (C=O) groups excluding carboxylic acids is 1. The van der Waals surface area contributed by atoms with Crippen LogP contribution in [0.2, 0.25) is 0 Å². The lowest BCUT2D eigenvalue weighted by molar-refractivity contribution is -0.146. The molecule has 0 saturated heterocycles. The van der Waals surface area contributed by atoms with E-state index in [9.17, 15) is 4.79 Å². The normalized spacial score (nSPS) is 14.4. The first-order chi connectivity index (χ1) is 7.64. The molecule has 1 aromatic carbocycles. The third-order valence-electron chi connectivity index (χ3n) is 2.55. The Labute approximate surface area is 95.3 Å². The van der Waals surface area contributed by atoms with Crippen LogP contribution in [-0.2, 0) is 20.7 Å². The number of nitrogens with two attached hydrogens (primary N) is 1. The van der Waals surface area contributed by atoms with Gasteiger partial charge in [-0.1, -0.05) is 30.3 Å². The van der Waals surface area contributed by atoms with E-state index >= 15 is 0 Å². The maximum atomic E-state index is 11.5. The average Bonchev–Trinajstić information content (AvgIpc) is 2.29. The summed E-state index contributed by atoms with van der Waals surface area (Å²) in [5, 5.41) is 0. The highest BCUT2D eigenvalue weighted by Crippen LogP contribution is 2.17. The molecule has 0 aliphatic carbocycles. The monoisotopic (exact) mass is 223 g/mol. The van der Waals surface area contributed by atoms with E-state index in [2.05, 4.69) is 0 Å². The lowest BCUT2D eigenvalue weighted by Gasteiger charge is -2.28. The van der Waals surface area contributed by atoms with E-state index in [1.54, 1.807) is 0 Å². The molecule has 4 heteroatoms. The first kappa shape index (κ1) is 12.7. The second-order valence-electron chi connectivity index (χ2n) is 3.66. The molecule has 16 heavy (non-hydrogen) atoms. The maximum Gasteiger partial charge on any atom is 0.252 e. The molecular weight excluding hydrogens is 206 g/mol. The first-order valence-corrected chi connectivity index (χ1v) is 5.02. The van der Waals surface area contributed by atoms with Crippen molar-refractivity contribution >= 4 is 5.91 Å². The maximum absolute atomic E-state index is 11.5. The van der Waals surface area contributed by atoms with E-state index in [1.165, 1.54) is 14.2 Å². The summed E-state index contributed by atoms with van der Waals surface area (Å²) in [5.74, 6) is -0.513. The highest BCUT2D eigenvalue weighted by Gasteiger charge is 2.37. The SMILES string of the molecule is COCC(Cc1ccccc1)(OC)C(N)=O. The van der Waals surface area contributed by atoms with Crippen LogP contribution in [0.25, 0.3) is 0 Å². The van der Waals surface area contributed by atoms with Gasteiger partial charge in [0, 0.05) is 20.6 Å². The molecule has 0 fully saturated rings. The van der Waals surface area contributed by atoms with Gasteiger partial charge in [0.05, 0.1) is 6.61 Å². The van der Waals surface area contributed by atoms with Crippen LogP contribution in [0.5, 0.6) is 0 Å². The minimum Gasteiger partial charge on any atom is -0.381 e. The molecule has 88 valence electrons. The number of amides is 1. The molecule has 0 bridgehead atoms. The Kier molecular flexibility index (Phi) is 4.46. The minimum atomic E-state index is -1.09. The van der Waals surface area contributed by atoms with Crippen LogP contribution in [0.3, 0.4) is 0 Å². The number of methoxy groups -OCH3 is 2. The third-order valence-corrected chi connectivity index (χ3v) is 2.55. The number of benzene rings is 1. The smallest absolute Gasteiger partial charge is 0.252 e. The summed E-state index contributed by atoms with van der Waals surface area (Å²) in [6.07, 6.45) is 0.410. The van der Waals surface area contributed by atoms with Crippen LogP contribution in [0.15, 0.2) is 30.3 Å². The van der Waals surface area contributed by atoms with Crippen LogP contribution in [0, 0.1) is 0 Å². The van der Waals surface area contributed by atoms with Crippen molar-refractivity contribution in [1.29, 1.82) is 0 Å². The third kappa shape index (κ3) is 2.81. The predicted molar refractivity (Wildman–Crippen MR) is 61.0 cm³/mol. The molecule has 0 aliphatic heterocycles. The van der Waals surface area contributed by atoms with Gasteiger partial charge in [-0.2, -0.15) is 0 Å². The van der Waals surface area contributed by atoms with Crippen molar-refractivity contribution in [1.82, 2.24) is 0 Å². The Morgan fingerprint density at radius 3 is 2.38 bits per heavy atom. The van der Waals surface area contributed by atoms with E-state index < -0.39 is 11.5 Å². The summed E-state index contributed by atoms with van der Waals surface area (Å²) in [5.41, 5.74) is 5.27. The molecule has 0 heterocycles. The molecule has 0 saturated carbocycles. The van der Waals surface area contributed by atoms with Gasteiger partial charge < -0.3 is 15.2 Å². The Hall–Kier alpha value is -1.39. The molecule has 0 aromatic heterocycles. The summed E-state index contributed by atoms with van der Waals surface area (Å²) >= 11 is 0. The van der Waals surface area contributed by atoms with Gasteiger partial charge in [0.1, 0.15) is 0 Å². The van der Waals surface area contributed by atoms with Crippen molar-refractivity contribution in [3.63, 3.8) is 0 Å². The van der Waals surface area contributed by atoms with Crippen molar-refractivity contribution in [2.24, 2.45) is 5.73 Å². The molecular formula is C12H17NO3. The standard InChI is InChI=1S/C12H17NO3/c1-15-9-12(16-2,11(13)14)8-10-6-4-3-5-7-10/h3-7H,8-9H2,1-2H3,(H2,13,14). The van der Waals surface area contributed by atoms with Crippen molar-refractivity contribution in [2.75, 3.05) is 20.8 Å². The molecule has 1 aromatic rings. The van der Waals surface area contributed by atoms with Gasteiger partial charge in [0.2, 0.25) is 0 Å². The molecule has 1 amide bonds. The van der Waals surface area contributed by atoms with Gasteiger partial charge in [0.25, 0.3) is 5.91 Å². The minimum absolute atomic E-state index is 0.147. The number of carbonyl (C=O) groups is 1. The molecule has 1 rings (SSSR count). The second-order valence-corrected chi connectivity index (χ2v) is 3.66. The molecule has 1 atom stereocenters. The number of ether oxygens (including phenoxy) is 2. The molecule has 0 aliphatic rings. The zero-order valence-electron chi connectivity index (χ0n) is 9.60. The predicted octanol–water partition coefficient (Wildman–Crippen LogP) is 0.746. The average molecular weight is 223 g/mol. The highest BCUT2D eigenvalue weighted by atomic mass is 16.5. The van der Waals surface area contributed by atoms with Crippen LogP contribution < -0.4 is 5.73 Å². The zero-order valence-corrected chi connectivity index (χ0v) is 9.60. The number of hydrogen-bond acceptors (Lipinski definition) is 3. The van der Waals surface area contributed by atoms with Gasteiger partial charge in [0.15, 0.2) is 5.60 Å². The topological polar surface area (TPSA) is 61.6 Å². The molecule has 0 radical (unpaired) electrons. The van der Waals surface area contributed by atoms with Crippen LogP contribution in [0.4, 0.5) is 0 Å². The highest BCUT2D eigenvalue weighted by molar-refractivity contribution is 5.84. The number of rotatable bonds is 6. The molecule has 1 unspecified atom stereocenters. The Balaban J connectivity index is 2.90. The van der Waals surface area contributed by atoms with Crippen molar-refractivity contribution in [3.05, 3.63) is 35.9 Å². The Morgan fingerprint density at radius 1 is 1.31 bits per heavy atom. The summed E-state index contributed by atoms with van der Waals surface area (Å²) in [6, 6.07) is 9.57. The van der Waals surface area contributed by atoms with Crippen molar-refractivity contribution in [2.45, 2.75) is 12.0 Å². The van der Waals surface area contributed by atoms with E-state index in [-0.39, 0.29) is 6.61 Å². The van der Waals surface area contributed by atoms with E-state index in [1.807, 2.05) is 30.3 Å². The largest absolute Gasteiger partial charge is 0.381 e. The lowest BCUT2D eigenvalue weighted by atomic mass is 9.94. The summed E-state index contributed by atoms with van der Waals surface area (Å²) in [4.78, 5) is 11.5. The van der Waals surface area contributed by atoms with E-state index in [4.69, 9.17) is 15.2 Å². The van der Waals surface area contributed by atoms with E-state index in [0.717, 1.165) is 5.56 Å². The van der Waals surface area contributed by atoms with Gasteiger partial charge in [-0.25, -0.2) is 0 Å². The second kappa shape index (κ2) is 5.63. The fourth-order valence-electron chi connectivity index (χ4n) is 1.60. The van der Waals surface area contributed by atoms with Crippen molar-refractivity contribution in [3.8, 4) is 0 Å². The quantitative estimate of drug-likeness (QED) is 0.774. The fourth-order valence-corrected chi connectivity index (χ4v) is 1.60. The van der Waals surface area contributed by atoms with Crippen LogP contribution in [0.1, 0.15) is 5.56 Å². The zero-order chi connectivity index (χ0) is 12.0. The van der Waals surface area contributed by atoms with E-state index in [0.29, 0.717) is 6.42 Å². The van der Waals surface area contributed by atoms with Crippen LogP contribution >= 0.6 is 0 Å². The summed E-state index contributed by atoms with van der Waals surface area (Å²) in [7, 11) is 2.98. The number of primary amides is 1.